The first-order valence-electron chi connectivity index (χ1n) is 7.72. The van der Waals surface area contributed by atoms with Gasteiger partial charge in [-0.3, -0.25) is 14.4 Å². The van der Waals surface area contributed by atoms with E-state index in [2.05, 4.69) is 15.4 Å². The van der Waals surface area contributed by atoms with E-state index < -0.39 is 0 Å². The second-order valence-corrected chi connectivity index (χ2v) is 5.23. The number of carbonyl (C=O) groups is 3. The van der Waals surface area contributed by atoms with Gasteiger partial charge in [-0.25, -0.2) is 0 Å². The molecule has 0 aliphatic carbocycles. The third-order valence-electron chi connectivity index (χ3n) is 3.41. The first-order chi connectivity index (χ1) is 11.0. The molecule has 0 atom stereocenters. The molecule has 6 heteroatoms. The lowest BCUT2D eigenvalue weighted by Gasteiger charge is -2.08. The Morgan fingerprint density at radius 1 is 1.04 bits per heavy atom. The molecule has 0 spiro atoms. The number of ether oxygens (including phenoxy) is 1. The van der Waals surface area contributed by atoms with E-state index in [4.69, 9.17) is 0 Å². The number of esters is 1. The van der Waals surface area contributed by atoms with Crippen molar-refractivity contribution < 1.29 is 19.1 Å². The smallest absolute Gasteiger partial charge is 0.305 e. The molecule has 0 bridgehead atoms. The van der Waals surface area contributed by atoms with Gasteiger partial charge in [0.25, 0.3) is 5.91 Å². The highest BCUT2D eigenvalue weighted by Crippen LogP contribution is 2.06. The van der Waals surface area contributed by atoms with Crippen LogP contribution in [0.25, 0.3) is 0 Å². The summed E-state index contributed by atoms with van der Waals surface area (Å²) < 4.78 is 4.55. The highest BCUT2D eigenvalue weighted by molar-refractivity contribution is 5.97. The fourth-order valence-corrected chi connectivity index (χ4v) is 2.05. The Labute approximate surface area is 136 Å². The van der Waals surface area contributed by atoms with E-state index in [1.165, 1.54) is 7.11 Å². The molecular formula is C17H24N2O4. The molecule has 0 saturated carbocycles. The lowest BCUT2D eigenvalue weighted by Crippen LogP contribution is -2.37. The first kappa shape index (κ1) is 18.7. The Balaban J connectivity index is 2.14. The zero-order chi connectivity index (χ0) is 17.1. The molecule has 1 aromatic rings. The van der Waals surface area contributed by atoms with E-state index in [1.807, 2.05) is 19.1 Å². The quantitative estimate of drug-likeness (QED) is 0.534. The van der Waals surface area contributed by atoms with Gasteiger partial charge in [0.2, 0.25) is 5.91 Å². The van der Waals surface area contributed by atoms with Gasteiger partial charge in [-0.1, -0.05) is 24.6 Å². The number of amides is 2. The largest absolute Gasteiger partial charge is 0.469 e. The van der Waals surface area contributed by atoms with Crippen LogP contribution in [0.4, 0.5) is 0 Å². The lowest BCUT2D eigenvalue weighted by atomic mass is 10.1. The average Bonchev–Trinajstić information content (AvgIpc) is 2.55. The maximum Gasteiger partial charge on any atom is 0.305 e. The van der Waals surface area contributed by atoms with Crippen molar-refractivity contribution in [2.45, 2.75) is 32.6 Å². The first-order valence-corrected chi connectivity index (χ1v) is 7.72. The summed E-state index contributed by atoms with van der Waals surface area (Å²) in [5.41, 5.74) is 1.44. The van der Waals surface area contributed by atoms with E-state index in [-0.39, 0.29) is 24.3 Å². The van der Waals surface area contributed by atoms with E-state index >= 15 is 0 Å². The molecule has 0 radical (unpaired) electrons. The van der Waals surface area contributed by atoms with Crippen LogP contribution in [0.1, 0.15) is 41.6 Å². The van der Waals surface area contributed by atoms with Crippen LogP contribution in [0.5, 0.6) is 0 Å². The Bertz CT molecular complexity index is 543. The minimum atomic E-state index is -0.253. The predicted molar refractivity (Wildman–Crippen MR) is 87.0 cm³/mol. The molecule has 0 aliphatic heterocycles. The summed E-state index contributed by atoms with van der Waals surface area (Å²) in [7, 11) is 1.37. The van der Waals surface area contributed by atoms with Gasteiger partial charge in [-0.2, -0.15) is 0 Å². The normalized spacial score (nSPS) is 10.0. The molecule has 1 rings (SSSR count). The summed E-state index contributed by atoms with van der Waals surface area (Å²) in [6.45, 7) is 2.33. The zero-order valence-electron chi connectivity index (χ0n) is 13.7. The monoisotopic (exact) mass is 320 g/mol. The van der Waals surface area contributed by atoms with Crippen molar-refractivity contribution in [1.29, 1.82) is 0 Å². The standard InChI is InChI=1S/C17H24N2O4/c1-13-8-5-6-9-14(13)17(22)19-12-15(20)18-11-7-3-4-10-16(21)23-2/h5-6,8-9H,3-4,7,10-12H2,1-2H3,(H,18,20)(H,19,22). The second-order valence-electron chi connectivity index (χ2n) is 5.23. The van der Waals surface area contributed by atoms with Crippen molar-refractivity contribution in [1.82, 2.24) is 10.6 Å². The summed E-state index contributed by atoms with van der Waals surface area (Å²) in [6, 6.07) is 7.22. The van der Waals surface area contributed by atoms with E-state index in [1.54, 1.807) is 12.1 Å². The van der Waals surface area contributed by atoms with Crippen LogP contribution in [-0.2, 0) is 14.3 Å². The van der Waals surface area contributed by atoms with Gasteiger partial charge in [-0.15, -0.1) is 0 Å². The van der Waals surface area contributed by atoms with Crippen molar-refractivity contribution >= 4 is 17.8 Å². The second kappa shape index (κ2) is 10.4. The van der Waals surface area contributed by atoms with Crippen LogP contribution in [-0.4, -0.2) is 38.0 Å². The highest BCUT2D eigenvalue weighted by Gasteiger charge is 2.09. The number of unbranched alkanes of at least 4 members (excludes halogenated alkanes) is 2. The number of methoxy groups -OCH3 is 1. The molecule has 1 aromatic carbocycles. The third kappa shape index (κ3) is 7.44. The zero-order valence-corrected chi connectivity index (χ0v) is 13.7. The number of hydrogen-bond acceptors (Lipinski definition) is 4. The number of hydrogen-bond donors (Lipinski definition) is 2. The molecular weight excluding hydrogens is 296 g/mol. The molecule has 0 unspecified atom stereocenters. The fourth-order valence-electron chi connectivity index (χ4n) is 2.05. The highest BCUT2D eigenvalue weighted by atomic mass is 16.5. The molecule has 2 N–H and O–H groups in total. The Morgan fingerprint density at radius 3 is 2.48 bits per heavy atom. The summed E-state index contributed by atoms with van der Waals surface area (Å²) >= 11 is 0. The number of rotatable bonds is 9. The number of carbonyl (C=O) groups excluding carboxylic acids is 3. The molecule has 6 nitrogen and oxygen atoms in total. The number of aryl methyl sites for hydroxylation is 1. The van der Waals surface area contributed by atoms with Gasteiger partial charge in [-0.05, 0) is 31.4 Å². The SMILES string of the molecule is COC(=O)CCCCCNC(=O)CNC(=O)c1ccccc1C. The molecule has 0 heterocycles. The van der Waals surface area contributed by atoms with Crippen LogP contribution in [0.3, 0.4) is 0 Å². The summed E-state index contributed by atoms with van der Waals surface area (Å²) in [5, 5.41) is 5.34. The van der Waals surface area contributed by atoms with Gasteiger partial charge in [0, 0.05) is 18.5 Å². The summed E-state index contributed by atoms with van der Waals surface area (Å²) in [4.78, 5) is 34.5. The van der Waals surface area contributed by atoms with Crippen LogP contribution >= 0.6 is 0 Å². The Kier molecular flexibility index (Phi) is 8.42. The van der Waals surface area contributed by atoms with E-state index in [0.29, 0.717) is 18.5 Å². The molecule has 0 aromatic heterocycles. The third-order valence-corrected chi connectivity index (χ3v) is 3.41. The van der Waals surface area contributed by atoms with Crippen LogP contribution in [0, 0.1) is 6.92 Å². The Morgan fingerprint density at radius 2 is 1.78 bits per heavy atom. The van der Waals surface area contributed by atoms with E-state index in [9.17, 15) is 14.4 Å². The van der Waals surface area contributed by atoms with Gasteiger partial charge < -0.3 is 15.4 Å². The Hall–Kier alpha value is -2.37. The molecule has 23 heavy (non-hydrogen) atoms. The topological polar surface area (TPSA) is 84.5 Å². The predicted octanol–water partition coefficient (Wildman–Crippen LogP) is 1.57. The molecule has 2 amide bonds. The van der Waals surface area contributed by atoms with Crippen molar-refractivity contribution in [3.8, 4) is 0 Å². The molecule has 126 valence electrons. The molecule has 0 fully saturated rings. The average molecular weight is 320 g/mol. The van der Waals surface area contributed by atoms with Gasteiger partial charge >= 0.3 is 5.97 Å². The molecule has 0 saturated heterocycles. The van der Waals surface area contributed by atoms with Gasteiger partial charge in [0.15, 0.2) is 0 Å². The van der Waals surface area contributed by atoms with Crippen LogP contribution in [0.15, 0.2) is 24.3 Å². The lowest BCUT2D eigenvalue weighted by molar-refractivity contribution is -0.140. The number of benzene rings is 1. The van der Waals surface area contributed by atoms with Crippen molar-refractivity contribution in [3.05, 3.63) is 35.4 Å². The maximum absolute atomic E-state index is 11.9. The maximum atomic E-state index is 11.9. The van der Waals surface area contributed by atoms with E-state index in [0.717, 1.165) is 24.8 Å². The van der Waals surface area contributed by atoms with Crippen molar-refractivity contribution in [3.63, 3.8) is 0 Å². The van der Waals surface area contributed by atoms with Crippen LogP contribution in [0.2, 0.25) is 0 Å². The number of nitrogens with one attached hydrogen (secondary N) is 2. The minimum Gasteiger partial charge on any atom is -0.469 e. The van der Waals surface area contributed by atoms with Crippen molar-refractivity contribution in [2.75, 3.05) is 20.2 Å². The van der Waals surface area contributed by atoms with Gasteiger partial charge in [0.1, 0.15) is 0 Å². The summed E-state index contributed by atoms with van der Waals surface area (Å²) in [6.07, 6.45) is 2.77. The van der Waals surface area contributed by atoms with Crippen molar-refractivity contribution in [2.24, 2.45) is 0 Å². The fraction of sp³-hybridized carbons (Fsp3) is 0.471. The van der Waals surface area contributed by atoms with Crippen LogP contribution < -0.4 is 10.6 Å². The summed E-state index contributed by atoms with van der Waals surface area (Å²) in [5.74, 6) is -0.691. The minimum absolute atomic E-state index is 0.0463. The molecule has 0 aliphatic rings. The van der Waals surface area contributed by atoms with Gasteiger partial charge in [0.05, 0.1) is 13.7 Å².